The molecule has 1 atom stereocenters. The van der Waals surface area contributed by atoms with Gasteiger partial charge in [0.25, 0.3) is 0 Å². The fraction of sp³-hybridized carbons (Fsp3) is 0.438. The molecule has 2 aliphatic heterocycles. The minimum Gasteiger partial charge on any atom is -0.486 e. The van der Waals surface area contributed by atoms with Crippen molar-refractivity contribution >= 4 is 16.6 Å². The average molecular weight is 285 g/mol. The van der Waals surface area contributed by atoms with Crippen LogP contribution >= 0.6 is 0 Å². The van der Waals surface area contributed by atoms with Crippen LogP contribution in [-0.2, 0) is 0 Å². The van der Waals surface area contributed by atoms with Gasteiger partial charge in [-0.1, -0.05) is 0 Å². The second kappa shape index (κ2) is 5.07. The van der Waals surface area contributed by atoms with Gasteiger partial charge < -0.3 is 19.7 Å². The topological polar surface area (TPSA) is 46.6 Å². The zero-order valence-electron chi connectivity index (χ0n) is 12.1. The molecule has 1 aromatic heterocycles. The second-order valence-electron chi connectivity index (χ2n) is 5.65. The van der Waals surface area contributed by atoms with Crippen LogP contribution in [0.1, 0.15) is 6.92 Å². The van der Waals surface area contributed by atoms with E-state index < -0.39 is 0 Å². The molecule has 5 heteroatoms. The molecule has 4 rings (SSSR count). The standard InChI is InChI=1S/C16H19N3O2/c1-11-10-19(5-4-17-11)16-13-9-15-14(20-6-7-21-15)8-12(13)2-3-18-16/h2-3,8-9,11,17H,4-7,10H2,1H3. The van der Waals surface area contributed by atoms with Gasteiger partial charge in [0.2, 0.25) is 0 Å². The molecule has 1 fully saturated rings. The number of nitrogens with one attached hydrogen (secondary N) is 1. The van der Waals surface area contributed by atoms with Crippen LogP contribution in [0, 0.1) is 0 Å². The van der Waals surface area contributed by atoms with Crippen LogP contribution in [0.2, 0.25) is 0 Å². The molecule has 1 aromatic carbocycles. The Bertz CT molecular complexity index is 674. The van der Waals surface area contributed by atoms with E-state index in [1.807, 2.05) is 12.3 Å². The minimum atomic E-state index is 0.480. The van der Waals surface area contributed by atoms with Gasteiger partial charge in [0.1, 0.15) is 19.0 Å². The molecule has 0 radical (unpaired) electrons. The van der Waals surface area contributed by atoms with E-state index in [2.05, 4.69) is 34.3 Å². The zero-order chi connectivity index (χ0) is 14.2. The molecule has 2 aromatic rings. The maximum Gasteiger partial charge on any atom is 0.162 e. The molecule has 0 bridgehead atoms. The molecule has 1 unspecified atom stereocenters. The second-order valence-corrected chi connectivity index (χ2v) is 5.65. The highest BCUT2D eigenvalue weighted by molar-refractivity contribution is 5.94. The van der Waals surface area contributed by atoms with Gasteiger partial charge in [-0.2, -0.15) is 0 Å². The number of benzene rings is 1. The van der Waals surface area contributed by atoms with Gasteiger partial charge in [0.05, 0.1) is 0 Å². The summed E-state index contributed by atoms with van der Waals surface area (Å²) >= 11 is 0. The summed E-state index contributed by atoms with van der Waals surface area (Å²) in [6.45, 7) is 6.37. The minimum absolute atomic E-state index is 0.480. The van der Waals surface area contributed by atoms with Gasteiger partial charge in [0, 0.05) is 37.3 Å². The van der Waals surface area contributed by atoms with Gasteiger partial charge in [0.15, 0.2) is 11.5 Å². The Morgan fingerprint density at radius 3 is 2.86 bits per heavy atom. The number of fused-ring (bicyclic) bond motifs is 2. The van der Waals surface area contributed by atoms with Gasteiger partial charge >= 0.3 is 0 Å². The summed E-state index contributed by atoms with van der Waals surface area (Å²) in [5.74, 6) is 2.70. The lowest BCUT2D eigenvalue weighted by atomic mass is 10.1. The van der Waals surface area contributed by atoms with E-state index in [0.29, 0.717) is 19.3 Å². The van der Waals surface area contributed by atoms with Crippen molar-refractivity contribution in [2.75, 3.05) is 37.7 Å². The normalized spacial score (nSPS) is 21.6. The number of pyridine rings is 1. The maximum absolute atomic E-state index is 5.71. The van der Waals surface area contributed by atoms with Crippen molar-refractivity contribution in [3.05, 3.63) is 24.4 Å². The summed E-state index contributed by atoms with van der Waals surface area (Å²) in [6, 6.07) is 6.63. The number of piperazine rings is 1. The number of nitrogens with zero attached hydrogens (tertiary/aromatic N) is 2. The summed E-state index contributed by atoms with van der Waals surface area (Å²) in [5.41, 5.74) is 0. The Morgan fingerprint density at radius 1 is 1.24 bits per heavy atom. The molecule has 1 saturated heterocycles. The summed E-state index contributed by atoms with van der Waals surface area (Å²) in [6.07, 6.45) is 1.88. The lowest BCUT2D eigenvalue weighted by Crippen LogP contribution is -2.49. The van der Waals surface area contributed by atoms with Crippen LogP contribution < -0.4 is 19.7 Å². The van der Waals surface area contributed by atoms with E-state index in [4.69, 9.17) is 9.47 Å². The van der Waals surface area contributed by atoms with E-state index in [1.165, 1.54) is 0 Å². The molecule has 5 nitrogen and oxygen atoms in total. The molecular formula is C16H19N3O2. The fourth-order valence-electron chi connectivity index (χ4n) is 3.07. The van der Waals surface area contributed by atoms with Gasteiger partial charge in [-0.15, -0.1) is 0 Å². The highest BCUT2D eigenvalue weighted by Gasteiger charge is 2.20. The molecule has 0 saturated carbocycles. The van der Waals surface area contributed by atoms with Crippen molar-refractivity contribution in [2.24, 2.45) is 0 Å². The highest BCUT2D eigenvalue weighted by atomic mass is 16.6. The van der Waals surface area contributed by atoms with Crippen LogP contribution in [-0.4, -0.2) is 43.9 Å². The third-order valence-electron chi connectivity index (χ3n) is 4.07. The Kier molecular flexibility index (Phi) is 3.07. The smallest absolute Gasteiger partial charge is 0.162 e. The molecule has 110 valence electrons. The molecule has 2 aliphatic rings. The SMILES string of the molecule is CC1CN(c2nccc3cc4c(cc23)OCCO4)CCN1. The third kappa shape index (κ3) is 2.27. The summed E-state index contributed by atoms with van der Waals surface area (Å²) in [4.78, 5) is 6.96. The Labute approximate surface area is 123 Å². The fourth-order valence-corrected chi connectivity index (χ4v) is 3.07. The maximum atomic E-state index is 5.71. The largest absolute Gasteiger partial charge is 0.486 e. The van der Waals surface area contributed by atoms with Crippen LogP contribution in [0.4, 0.5) is 5.82 Å². The van der Waals surface area contributed by atoms with Gasteiger partial charge in [-0.3, -0.25) is 0 Å². The lowest BCUT2D eigenvalue weighted by Gasteiger charge is -2.33. The average Bonchev–Trinajstić information content (AvgIpc) is 2.52. The van der Waals surface area contributed by atoms with E-state index in [9.17, 15) is 0 Å². The lowest BCUT2D eigenvalue weighted by molar-refractivity contribution is 0.172. The van der Waals surface area contributed by atoms with Crippen molar-refractivity contribution in [3.63, 3.8) is 0 Å². The van der Waals surface area contributed by atoms with Crippen molar-refractivity contribution in [2.45, 2.75) is 13.0 Å². The Balaban J connectivity index is 1.81. The van der Waals surface area contributed by atoms with E-state index in [-0.39, 0.29) is 0 Å². The van der Waals surface area contributed by atoms with Gasteiger partial charge in [-0.05, 0) is 30.5 Å². The van der Waals surface area contributed by atoms with Crippen LogP contribution in [0.15, 0.2) is 24.4 Å². The number of rotatable bonds is 1. The first-order chi connectivity index (χ1) is 10.3. The molecule has 21 heavy (non-hydrogen) atoms. The summed E-state index contributed by atoms with van der Waals surface area (Å²) in [7, 11) is 0. The molecule has 3 heterocycles. The Morgan fingerprint density at radius 2 is 2.05 bits per heavy atom. The first-order valence-electron chi connectivity index (χ1n) is 7.48. The Hall–Kier alpha value is -2.01. The van der Waals surface area contributed by atoms with E-state index in [0.717, 1.165) is 47.7 Å². The molecule has 0 amide bonds. The zero-order valence-corrected chi connectivity index (χ0v) is 12.1. The molecular weight excluding hydrogens is 266 g/mol. The molecule has 1 N–H and O–H groups in total. The number of anilines is 1. The van der Waals surface area contributed by atoms with Gasteiger partial charge in [-0.25, -0.2) is 4.98 Å². The summed E-state index contributed by atoms with van der Waals surface area (Å²) in [5, 5.41) is 5.75. The number of aromatic nitrogens is 1. The monoisotopic (exact) mass is 285 g/mol. The van der Waals surface area contributed by atoms with Crippen molar-refractivity contribution in [1.29, 1.82) is 0 Å². The number of hydrogen-bond donors (Lipinski definition) is 1. The summed E-state index contributed by atoms with van der Waals surface area (Å²) < 4.78 is 11.4. The number of hydrogen-bond acceptors (Lipinski definition) is 5. The highest BCUT2D eigenvalue weighted by Crippen LogP contribution is 2.37. The van der Waals surface area contributed by atoms with Crippen LogP contribution in [0.3, 0.4) is 0 Å². The predicted molar refractivity (Wildman–Crippen MR) is 82.4 cm³/mol. The first kappa shape index (κ1) is 12.7. The predicted octanol–water partition coefficient (Wildman–Crippen LogP) is 1.80. The molecule has 0 spiro atoms. The molecule has 0 aliphatic carbocycles. The first-order valence-corrected chi connectivity index (χ1v) is 7.48. The van der Waals surface area contributed by atoms with Crippen molar-refractivity contribution < 1.29 is 9.47 Å². The van der Waals surface area contributed by atoms with Crippen LogP contribution in [0.25, 0.3) is 10.8 Å². The van der Waals surface area contributed by atoms with E-state index >= 15 is 0 Å². The van der Waals surface area contributed by atoms with Crippen molar-refractivity contribution in [1.82, 2.24) is 10.3 Å². The van der Waals surface area contributed by atoms with E-state index in [1.54, 1.807) is 0 Å². The quantitative estimate of drug-likeness (QED) is 0.866. The van der Waals surface area contributed by atoms with Crippen molar-refractivity contribution in [3.8, 4) is 11.5 Å². The third-order valence-corrected chi connectivity index (χ3v) is 4.07. The number of ether oxygens (including phenoxy) is 2. The van der Waals surface area contributed by atoms with Crippen LogP contribution in [0.5, 0.6) is 11.5 Å².